The molecule has 1 N–H and O–H groups in total. The molecule has 0 atom stereocenters. The number of hydrogen-bond acceptors (Lipinski definition) is 1. The Labute approximate surface area is 182 Å². The molecule has 1 heterocycles. The van der Waals surface area contributed by atoms with Crippen LogP contribution in [0.4, 0.5) is 5.69 Å². The van der Waals surface area contributed by atoms with Gasteiger partial charge in [0.05, 0.1) is 16.7 Å². The Morgan fingerprint density at radius 2 is 1.23 bits per heavy atom. The van der Waals surface area contributed by atoms with Gasteiger partial charge in [-0.15, -0.1) is 0 Å². The largest absolute Gasteiger partial charge is 0.351 e. The molecule has 5 aromatic rings. The summed E-state index contributed by atoms with van der Waals surface area (Å²) in [5.41, 5.74) is 6.86. The molecule has 0 fully saturated rings. The van der Waals surface area contributed by atoms with Crippen molar-refractivity contribution in [3.05, 3.63) is 114 Å². The van der Waals surface area contributed by atoms with E-state index >= 15 is 0 Å². The molecule has 4 aromatic carbocycles. The first-order valence-electron chi connectivity index (χ1n) is 10.6. The minimum atomic E-state index is 0.700. The van der Waals surface area contributed by atoms with Crippen molar-refractivity contribution in [1.82, 2.24) is 9.88 Å². The van der Waals surface area contributed by atoms with E-state index in [2.05, 4.69) is 115 Å². The highest BCUT2D eigenvalue weighted by atomic mass is 15.2. The van der Waals surface area contributed by atoms with Crippen molar-refractivity contribution < 1.29 is 0 Å². The van der Waals surface area contributed by atoms with E-state index in [1.807, 2.05) is 6.07 Å². The zero-order valence-electron chi connectivity index (χ0n) is 17.8. The number of aliphatic imine (C=N–C) groups is 1. The fourth-order valence-corrected chi connectivity index (χ4v) is 4.18. The van der Waals surface area contributed by atoms with Gasteiger partial charge < -0.3 is 5.32 Å². The van der Waals surface area contributed by atoms with Crippen molar-refractivity contribution in [3.8, 4) is 0 Å². The predicted molar refractivity (Wildman–Crippen MR) is 131 cm³/mol. The smallest absolute Gasteiger partial charge is 0.208 e. The van der Waals surface area contributed by atoms with Crippen LogP contribution in [-0.4, -0.2) is 10.5 Å². The molecule has 0 spiro atoms. The average Bonchev–Trinajstić information content (AvgIpc) is 3.14. The van der Waals surface area contributed by atoms with Crippen molar-refractivity contribution >= 4 is 33.5 Å². The highest BCUT2D eigenvalue weighted by Gasteiger charge is 2.15. The minimum absolute atomic E-state index is 0.700. The molecule has 0 aliphatic rings. The fraction of sp³-hybridized carbons (Fsp3) is 0.107. The lowest BCUT2D eigenvalue weighted by molar-refractivity contribution is 0.880. The molecule has 0 amide bonds. The molecule has 0 radical (unpaired) electrons. The first-order chi connectivity index (χ1) is 15.2. The van der Waals surface area contributed by atoms with Crippen molar-refractivity contribution in [1.29, 1.82) is 0 Å². The molecule has 152 valence electrons. The second-order valence-corrected chi connectivity index (χ2v) is 7.88. The number of para-hydroxylation sites is 3. The molecule has 31 heavy (non-hydrogen) atoms. The van der Waals surface area contributed by atoms with Crippen molar-refractivity contribution in [3.63, 3.8) is 0 Å². The van der Waals surface area contributed by atoms with Gasteiger partial charge in [0.15, 0.2) is 0 Å². The van der Waals surface area contributed by atoms with Crippen LogP contribution in [0.1, 0.15) is 16.7 Å². The lowest BCUT2D eigenvalue weighted by Gasteiger charge is -2.15. The van der Waals surface area contributed by atoms with Gasteiger partial charge >= 0.3 is 0 Å². The van der Waals surface area contributed by atoms with Gasteiger partial charge in [0.1, 0.15) is 0 Å². The molecule has 1 aromatic heterocycles. The Balaban J connectivity index is 1.73. The topological polar surface area (TPSA) is 29.3 Å². The number of benzene rings is 4. The Morgan fingerprint density at radius 1 is 0.677 bits per heavy atom. The second-order valence-electron chi connectivity index (χ2n) is 7.88. The molecule has 3 nitrogen and oxygen atoms in total. The van der Waals surface area contributed by atoms with Gasteiger partial charge in [-0.2, -0.15) is 0 Å². The molecule has 0 bridgehead atoms. The molecule has 0 aliphatic heterocycles. The summed E-state index contributed by atoms with van der Waals surface area (Å²) in [6.07, 6.45) is 0. The van der Waals surface area contributed by atoms with Crippen molar-refractivity contribution in [2.75, 3.05) is 0 Å². The van der Waals surface area contributed by atoms with Crippen LogP contribution in [-0.2, 0) is 6.54 Å². The standard InChI is InChI=1S/C28H25N3/c1-20-11-10-12-21(2)27(20)30-28(29-19-22-13-4-3-5-14-22)31-25-17-8-6-15-23(25)24-16-7-9-18-26(24)31/h3-18H,19H2,1-2H3,(H,29,30). The first-order valence-corrected chi connectivity index (χ1v) is 10.6. The van der Waals surface area contributed by atoms with Crippen LogP contribution in [0, 0.1) is 13.8 Å². The van der Waals surface area contributed by atoms with E-state index in [0.29, 0.717) is 6.54 Å². The monoisotopic (exact) mass is 403 g/mol. The molecule has 0 saturated carbocycles. The molecular formula is C28H25N3. The normalized spacial score (nSPS) is 11.9. The number of nitrogens with zero attached hydrogens (tertiary/aromatic N) is 2. The van der Waals surface area contributed by atoms with E-state index < -0.39 is 0 Å². The van der Waals surface area contributed by atoms with Gasteiger partial charge in [0, 0.05) is 17.3 Å². The van der Waals surface area contributed by atoms with Crippen LogP contribution in [0.2, 0.25) is 0 Å². The van der Waals surface area contributed by atoms with E-state index in [9.17, 15) is 0 Å². The average molecular weight is 404 g/mol. The summed E-state index contributed by atoms with van der Waals surface area (Å²) in [7, 11) is 0. The molecular weight excluding hydrogens is 378 g/mol. The maximum Gasteiger partial charge on any atom is 0.208 e. The molecule has 3 heteroatoms. The van der Waals surface area contributed by atoms with E-state index in [1.54, 1.807) is 0 Å². The van der Waals surface area contributed by atoms with Gasteiger partial charge in [0.25, 0.3) is 0 Å². The summed E-state index contributed by atoms with van der Waals surface area (Å²) in [5, 5.41) is 6.10. The SMILES string of the molecule is Cc1cccc(C)c1/N=C(/NCc1ccccc1)n1c2ccccc2c2ccccc21. The van der Waals surface area contributed by atoms with E-state index in [1.165, 1.54) is 27.5 Å². The molecule has 0 unspecified atom stereocenters. The summed E-state index contributed by atoms with van der Waals surface area (Å²) >= 11 is 0. The molecule has 5 rings (SSSR count). The van der Waals surface area contributed by atoms with Crippen molar-refractivity contribution in [2.45, 2.75) is 20.4 Å². The quantitative estimate of drug-likeness (QED) is 0.262. The van der Waals surface area contributed by atoms with E-state index in [4.69, 9.17) is 4.99 Å². The maximum absolute atomic E-state index is 5.18. The first kappa shape index (κ1) is 19.1. The Bertz CT molecular complexity index is 1320. The van der Waals surface area contributed by atoms with Crippen molar-refractivity contribution in [2.24, 2.45) is 4.99 Å². The van der Waals surface area contributed by atoms with Gasteiger partial charge in [-0.05, 0) is 42.7 Å². The van der Waals surface area contributed by atoms with Crippen LogP contribution < -0.4 is 5.32 Å². The number of aryl methyl sites for hydroxylation is 2. The summed E-state index contributed by atoms with van der Waals surface area (Å²) in [5.74, 6) is 0.832. The highest BCUT2D eigenvalue weighted by Crippen LogP contribution is 2.30. The number of aromatic nitrogens is 1. The van der Waals surface area contributed by atoms with Gasteiger partial charge in [-0.25, -0.2) is 4.99 Å². The fourth-order valence-electron chi connectivity index (χ4n) is 4.18. The van der Waals surface area contributed by atoms with Crippen LogP contribution in [0.5, 0.6) is 0 Å². The highest BCUT2D eigenvalue weighted by molar-refractivity contribution is 6.14. The number of hydrogen-bond donors (Lipinski definition) is 1. The van der Waals surface area contributed by atoms with Crippen LogP contribution in [0.25, 0.3) is 21.8 Å². The van der Waals surface area contributed by atoms with Crippen LogP contribution in [0.15, 0.2) is 102 Å². The third-order valence-electron chi connectivity index (χ3n) is 5.74. The maximum atomic E-state index is 5.18. The Hall–Kier alpha value is -3.85. The number of fused-ring (bicyclic) bond motifs is 3. The predicted octanol–water partition coefficient (Wildman–Crippen LogP) is 6.74. The molecule has 0 aliphatic carbocycles. The summed E-state index contributed by atoms with van der Waals surface area (Å²) in [6, 6.07) is 33.8. The Kier molecular flexibility index (Phi) is 5.01. The molecule has 0 saturated heterocycles. The van der Waals surface area contributed by atoms with Gasteiger partial charge in [0.2, 0.25) is 5.96 Å². The van der Waals surface area contributed by atoms with E-state index in [-0.39, 0.29) is 0 Å². The summed E-state index contributed by atoms with van der Waals surface area (Å²) in [6.45, 7) is 4.94. The lowest BCUT2D eigenvalue weighted by Crippen LogP contribution is -2.29. The summed E-state index contributed by atoms with van der Waals surface area (Å²) < 4.78 is 2.25. The summed E-state index contributed by atoms with van der Waals surface area (Å²) in [4.78, 5) is 5.18. The van der Waals surface area contributed by atoms with Gasteiger partial charge in [-0.1, -0.05) is 84.9 Å². The Morgan fingerprint density at radius 3 is 1.84 bits per heavy atom. The van der Waals surface area contributed by atoms with E-state index in [0.717, 1.165) is 22.7 Å². The second kappa shape index (κ2) is 8.11. The van der Waals surface area contributed by atoms with Crippen LogP contribution in [0.3, 0.4) is 0 Å². The zero-order chi connectivity index (χ0) is 21.2. The third-order valence-corrected chi connectivity index (χ3v) is 5.74. The van der Waals surface area contributed by atoms with Crippen LogP contribution >= 0.6 is 0 Å². The van der Waals surface area contributed by atoms with Gasteiger partial charge in [-0.3, -0.25) is 4.57 Å². The number of nitrogens with one attached hydrogen (secondary N) is 1. The zero-order valence-corrected chi connectivity index (χ0v) is 17.8. The third kappa shape index (κ3) is 3.59. The lowest BCUT2D eigenvalue weighted by atomic mass is 10.1. The minimum Gasteiger partial charge on any atom is -0.351 e. The number of rotatable bonds is 3.